The molecule has 0 aromatic carbocycles. The SMILES string of the molecule is CC/C=C\C/C=C\C/C=C\C/C=C\C/C=C\C/C=C\CCCCCCCCCOCC(COC1OC(COC2OC(CO)C(O)C(O)C2O)C(O)C(O)C1O)OC(=O)CCCCCCCCCCC. The highest BCUT2D eigenvalue weighted by Crippen LogP contribution is 2.26. The summed E-state index contributed by atoms with van der Waals surface area (Å²) in [5, 5.41) is 72.1. The number of allylic oxidation sites excluding steroid dienone is 12. The third-order valence-corrected chi connectivity index (χ3v) is 12.2. The van der Waals surface area contributed by atoms with E-state index in [1.54, 1.807) is 0 Å². The van der Waals surface area contributed by atoms with Gasteiger partial charge in [-0.25, -0.2) is 0 Å². The first kappa shape index (κ1) is 62.5. The Bertz CT molecular complexity index is 1410. The Labute approximate surface area is 415 Å². The molecule has 11 unspecified atom stereocenters. The van der Waals surface area contributed by atoms with Gasteiger partial charge < -0.3 is 64.2 Å². The Hall–Kier alpha value is -2.57. The smallest absolute Gasteiger partial charge is 0.306 e. The maximum absolute atomic E-state index is 12.9. The van der Waals surface area contributed by atoms with E-state index in [2.05, 4.69) is 86.8 Å². The minimum absolute atomic E-state index is 0.0513. The predicted molar refractivity (Wildman–Crippen MR) is 270 cm³/mol. The highest BCUT2D eigenvalue weighted by molar-refractivity contribution is 5.69. The fourth-order valence-electron chi connectivity index (χ4n) is 7.93. The molecule has 0 aromatic heterocycles. The molecule has 2 rings (SSSR count). The van der Waals surface area contributed by atoms with Crippen LogP contribution in [0.25, 0.3) is 0 Å². The van der Waals surface area contributed by atoms with Gasteiger partial charge in [-0.05, 0) is 64.2 Å². The van der Waals surface area contributed by atoms with Gasteiger partial charge >= 0.3 is 5.97 Å². The van der Waals surface area contributed by atoms with Crippen LogP contribution in [0.3, 0.4) is 0 Å². The molecule has 2 fully saturated rings. The van der Waals surface area contributed by atoms with E-state index in [4.69, 9.17) is 28.4 Å². The lowest BCUT2D eigenvalue weighted by molar-refractivity contribution is -0.332. The fourth-order valence-corrected chi connectivity index (χ4v) is 7.93. The molecule has 0 amide bonds. The number of hydrogen-bond acceptors (Lipinski definition) is 14. The second-order valence-corrected chi connectivity index (χ2v) is 18.3. The first-order valence-electron chi connectivity index (χ1n) is 26.5. The minimum atomic E-state index is -1.71. The molecule has 0 aromatic rings. The molecule has 14 heteroatoms. The van der Waals surface area contributed by atoms with Gasteiger partial charge in [0.05, 0.1) is 26.4 Å². The number of aliphatic hydroxyl groups excluding tert-OH is 7. The molecule has 7 N–H and O–H groups in total. The molecule has 14 nitrogen and oxygen atoms in total. The molecule has 398 valence electrons. The van der Waals surface area contributed by atoms with Crippen LogP contribution in [-0.2, 0) is 33.2 Å². The number of carbonyl (C=O) groups excluding carboxylic acids is 1. The van der Waals surface area contributed by atoms with Gasteiger partial charge in [0.25, 0.3) is 0 Å². The molecule has 0 saturated carbocycles. The Morgan fingerprint density at radius 1 is 0.493 bits per heavy atom. The summed E-state index contributed by atoms with van der Waals surface area (Å²) in [6.45, 7) is 3.50. The number of unbranched alkanes of at least 4 members (excludes halogenated alkanes) is 15. The Kier molecular flexibility index (Phi) is 38.1. The third-order valence-electron chi connectivity index (χ3n) is 12.2. The van der Waals surface area contributed by atoms with Crippen molar-refractivity contribution in [3.63, 3.8) is 0 Å². The van der Waals surface area contributed by atoms with Crippen LogP contribution in [0.5, 0.6) is 0 Å². The van der Waals surface area contributed by atoms with Gasteiger partial charge in [-0.15, -0.1) is 0 Å². The minimum Gasteiger partial charge on any atom is -0.457 e. The van der Waals surface area contributed by atoms with E-state index in [1.165, 1.54) is 51.4 Å². The Morgan fingerprint density at radius 3 is 1.48 bits per heavy atom. The normalized spacial score (nSPS) is 26.3. The van der Waals surface area contributed by atoms with Crippen molar-refractivity contribution in [2.45, 2.75) is 235 Å². The summed E-state index contributed by atoms with van der Waals surface area (Å²) >= 11 is 0. The summed E-state index contributed by atoms with van der Waals surface area (Å²) in [5.41, 5.74) is 0. The van der Waals surface area contributed by atoms with Crippen LogP contribution in [-0.4, -0.2) is 142 Å². The number of esters is 1. The lowest BCUT2D eigenvalue weighted by Crippen LogP contribution is -2.61. The topological polar surface area (TPSA) is 214 Å². The molecular formula is C55H94O14. The first-order chi connectivity index (χ1) is 33.6. The van der Waals surface area contributed by atoms with E-state index in [0.29, 0.717) is 13.0 Å². The first-order valence-corrected chi connectivity index (χ1v) is 26.5. The molecular weight excluding hydrogens is 885 g/mol. The number of ether oxygens (including phenoxy) is 6. The highest BCUT2D eigenvalue weighted by atomic mass is 16.7. The zero-order chi connectivity index (χ0) is 50.2. The van der Waals surface area contributed by atoms with E-state index >= 15 is 0 Å². The Balaban J connectivity index is 1.69. The van der Waals surface area contributed by atoms with Crippen molar-refractivity contribution in [2.24, 2.45) is 0 Å². The van der Waals surface area contributed by atoms with Crippen molar-refractivity contribution in [2.75, 3.05) is 33.0 Å². The highest BCUT2D eigenvalue weighted by Gasteiger charge is 2.47. The van der Waals surface area contributed by atoms with E-state index in [9.17, 15) is 40.5 Å². The molecule has 0 bridgehead atoms. The summed E-state index contributed by atoms with van der Waals surface area (Å²) in [6, 6.07) is 0. The molecule has 2 saturated heterocycles. The van der Waals surface area contributed by atoms with Crippen molar-refractivity contribution in [1.82, 2.24) is 0 Å². The molecule has 2 aliphatic rings. The number of rotatable bonds is 41. The summed E-state index contributed by atoms with van der Waals surface area (Å²) < 4.78 is 34.2. The van der Waals surface area contributed by atoms with E-state index < -0.39 is 80.7 Å². The lowest BCUT2D eigenvalue weighted by atomic mass is 9.98. The van der Waals surface area contributed by atoms with E-state index in [-0.39, 0.29) is 25.6 Å². The summed E-state index contributed by atoms with van der Waals surface area (Å²) in [6.07, 6.45) is 35.5. The predicted octanol–water partition coefficient (Wildman–Crippen LogP) is 8.29. The summed E-state index contributed by atoms with van der Waals surface area (Å²) in [4.78, 5) is 12.9. The molecule has 0 aliphatic carbocycles. The van der Waals surface area contributed by atoms with Gasteiger partial charge in [-0.1, -0.05) is 170 Å². The number of aliphatic hydroxyl groups is 7. The van der Waals surface area contributed by atoms with Crippen LogP contribution < -0.4 is 0 Å². The molecule has 0 spiro atoms. The number of carbonyl (C=O) groups is 1. The largest absolute Gasteiger partial charge is 0.457 e. The zero-order valence-corrected chi connectivity index (χ0v) is 42.3. The van der Waals surface area contributed by atoms with Crippen LogP contribution in [0, 0.1) is 0 Å². The van der Waals surface area contributed by atoms with Gasteiger partial charge in [0.2, 0.25) is 0 Å². The average Bonchev–Trinajstić information content (AvgIpc) is 3.35. The second kappa shape index (κ2) is 42.0. The van der Waals surface area contributed by atoms with Crippen LogP contribution in [0.2, 0.25) is 0 Å². The lowest BCUT2D eigenvalue weighted by Gasteiger charge is -2.42. The quantitative estimate of drug-likeness (QED) is 0.0175. The summed E-state index contributed by atoms with van der Waals surface area (Å²) in [7, 11) is 0. The van der Waals surface area contributed by atoms with Crippen LogP contribution >= 0.6 is 0 Å². The van der Waals surface area contributed by atoms with Gasteiger partial charge in [0, 0.05) is 13.0 Å². The fraction of sp³-hybridized carbons (Fsp3) is 0.764. The van der Waals surface area contributed by atoms with Crippen molar-refractivity contribution in [1.29, 1.82) is 0 Å². The average molecular weight is 979 g/mol. The van der Waals surface area contributed by atoms with E-state index in [0.717, 1.165) is 89.9 Å². The maximum atomic E-state index is 12.9. The van der Waals surface area contributed by atoms with Gasteiger partial charge in [-0.3, -0.25) is 4.79 Å². The maximum Gasteiger partial charge on any atom is 0.306 e. The molecule has 0 radical (unpaired) electrons. The third kappa shape index (κ3) is 29.5. The Morgan fingerprint density at radius 2 is 0.942 bits per heavy atom. The second-order valence-electron chi connectivity index (χ2n) is 18.3. The zero-order valence-electron chi connectivity index (χ0n) is 42.3. The molecule has 69 heavy (non-hydrogen) atoms. The van der Waals surface area contributed by atoms with Crippen LogP contribution in [0.4, 0.5) is 0 Å². The van der Waals surface area contributed by atoms with Gasteiger partial charge in [0.1, 0.15) is 54.9 Å². The van der Waals surface area contributed by atoms with Crippen molar-refractivity contribution in [3.05, 3.63) is 72.9 Å². The van der Waals surface area contributed by atoms with Crippen LogP contribution in [0.15, 0.2) is 72.9 Å². The van der Waals surface area contributed by atoms with E-state index in [1.807, 2.05) is 0 Å². The summed E-state index contributed by atoms with van der Waals surface area (Å²) in [5.74, 6) is -0.387. The van der Waals surface area contributed by atoms with Crippen LogP contribution in [0.1, 0.15) is 168 Å². The van der Waals surface area contributed by atoms with Crippen molar-refractivity contribution < 1.29 is 69.0 Å². The standard InChI is InChI=1S/C55H94O14/c1-3-5-7-9-11-13-14-15-16-17-18-19-20-21-22-23-24-25-26-27-28-29-31-33-35-37-39-64-41-44(67-47(57)38-36-34-32-30-12-10-8-6-4-2)42-65-54-53(63)51(61)49(59)46(69-54)43-66-55-52(62)50(60)48(58)45(40-56)68-55/h5,7,11,13,15-16,18-19,21-22,24-25,44-46,48-56,58-63H,3-4,6,8-10,12,14,17,20,23,26-43H2,1-2H3/b7-5-,13-11-,16-15-,19-18-,22-21-,25-24-. The van der Waals surface area contributed by atoms with Gasteiger partial charge in [-0.2, -0.15) is 0 Å². The molecule has 2 heterocycles. The monoisotopic (exact) mass is 979 g/mol. The van der Waals surface area contributed by atoms with Gasteiger partial charge in [0.15, 0.2) is 12.6 Å². The van der Waals surface area contributed by atoms with Crippen molar-refractivity contribution >= 4 is 5.97 Å². The number of hydrogen-bond donors (Lipinski definition) is 7. The molecule has 2 aliphatic heterocycles. The molecule has 11 atom stereocenters. The van der Waals surface area contributed by atoms with Crippen molar-refractivity contribution in [3.8, 4) is 0 Å².